The summed E-state index contributed by atoms with van der Waals surface area (Å²) in [5, 5.41) is 23.8. The summed E-state index contributed by atoms with van der Waals surface area (Å²) in [6, 6.07) is -0.715. The molecule has 0 saturated heterocycles. The third-order valence-corrected chi connectivity index (χ3v) is 12.5. The van der Waals surface area contributed by atoms with Crippen molar-refractivity contribution < 1.29 is 24.5 Å². The van der Waals surface area contributed by atoms with E-state index in [2.05, 4.69) is 99.0 Å². The number of amides is 1. The molecule has 0 saturated carbocycles. The van der Waals surface area contributed by atoms with Gasteiger partial charge in [-0.05, 0) is 103 Å². The third kappa shape index (κ3) is 47.8. The lowest BCUT2D eigenvalue weighted by atomic mass is 10.0. The minimum Gasteiger partial charge on any atom is -0.462 e. The second-order valence-electron chi connectivity index (χ2n) is 19.0. The van der Waals surface area contributed by atoms with Crippen molar-refractivity contribution in [2.24, 2.45) is 0 Å². The molecule has 1 amide bonds. The number of unbranched alkanes of at least 4 members (excludes halogenated alkanes) is 26. The van der Waals surface area contributed by atoms with E-state index in [4.69, 9.17) is 4.74 Å². The molecular formula is C60H107NO5. The Morgan fingerprint density at radius 3 is 1.20 bits per heavy atom. The maximum Gasteiger partial charge on any atom is 0.306 e. The summed E-state index contributed by atoms with van der Waals surface area (Å²) in [7, 11) is 0. The molecule has 0 aromatic rings. The zero-order valence-corrected chi connectivity index (χ0v) is 43.6. The Kier molecular flexibility index (Phi) is 51.1. The fourth-order valence-corrected chi connectivity index (χ4v) is 8.21. The molecule has 0 aliphatic carbocycles. The van der Waals surface area contributed by atoms with Crippen LogP contribution >= 0.6 is 0 Å². The van der Waals surface area contributed by atoms with E-state index in [-0.39, 0.29) is 24.9 Å². The first-order valence-corrected chi connectivity index (χ1v) is 28.2. The quantitative estimate of drug-likeness (QED) is 0.0321. The van der Waals surface area contributed by atoms with Gasteiger partial charge in [-0.25, -0.2) is 0 Å². The van der Waals surface area contributed by atoms with E-state index in [0.717, 1.165) is 103 Å². The van der Waals surface area contributed by atoms with Crippen LogP contribution in [0.15, 0.2) is 72.9 Å². The maximum absolute atomic E-state index is 13.2. The Balaban J connectivity index is 4.64. The predicted molar refractivity (Wildman–Crippen MR) is 287 cm³/mol. The van der Waals surface area contributed by atoms with Gasteiger partial charge in [0.05, 0.1) is 25.2 Å². The highest BCUT2D eigenvalue weighted by Gasteiger charge is 2.24. The highest BCUT2D eigenvalue weighted by molar-refractivity contribution is 5.77. The van der Waals surface area contributed by atoms with Gasteiger partial charge in [0.1, 0.15) is 6.10 Å². The minimum atomic E-state index is -0.799. The molecule has 0 spiro atoms. The van der Waals surface area contributed by atoms with E-state index in [0.29, 0.717) is 19.3 Å². The van der Waals surface area contributed by atoms with Crippen LogP contribution in [0.3, 0.4) is 0 Å². The van der Waals surface area contributed by atoms with Gasteiger partial charge in [0.25, 0.3) is 0 Å². The van der Waals surface area contributed by atoms with Gasteiger partial charge in [-0.15, -0.1) is 0 Å². The van der Waals surface area contributed by atoms with Gasteiger partial charge in [0.15, 0.2) is 0 Å². The van der Waals surface area contributed by atoms with Gasteiger partial charge in [-0.2, -0.15) is 0 Å². The van der Waals surface area contributed by atoms with Gasteiger partial charge < -0.3 is 20.3 Å². The summed E-state index contributed by atoms with van der Waals surface area (Å²) in [4.78, 5) is 26.2. The molecular weight excluding hydrogens is 815 g/mol. The number of aliphatic hydroxyl groups is 2. The highest BCUT2D eigenvalue weighted by atomic mass is 16.5. The highest BCUT2D eigenvalue weighted by Crippen LogP contribution is 2.17. The Hall–Kier alpha value is -2.70. The Labute approximate surface area is 409 Å². The van der Waals surface area contributed by atoms with E-state index in [1.54, 1.807) is 0 Å². The van der Waals surface area contributed by atoms with Crippen LogP contribution in [0.2, 0.25) is 0 Å². The van der Waals surface area contributed by atoms with Crippen LogP contribution in [0.4, 0.5) is 0 Å². The predicted octanol–water partition coefficient (Wildman–Crippen LogP) is 17.3. The number of allylic oxidation sites excluding steroid dienone is 12. The maximum atomic E-state index is 13.2. The molecule has 0 aromatic carbocycles. The monoisotopic (exact) mass is 922 g/mol. The van der Waals surface area contributed by atoms with E-state index in [9.17, 15) is 19.8 Å². The van der Waals surface area contributed by atoms with Gasteiger partial charge in [0, 0.05) is 6.42 Å². The number of carbonyl (C=O) groups is 2. The molecule has 382 valence electrons. The van der Waals surface area contributed by atoms with Crippen molar-refractivity contribution in [3.63, 3.8) is 0 Å². The lowest BCUT2D eigenvalue weighted by Gasteiger charge is -2.24. The number of ether oxygens (including phenoxy) is 1. The summed E-state index contributed by atoms with van der Waals surface area (Å²) < 4.78 is 5.94. The molecule has 3 N–H and O–H groups in total. The van der Waals surface area contributed by atoms with Crippen molar-refractivity contribution >= 4 is 11.9 Å². The standard InChI is InChI=1S/C60H107NO5/c1-4-7-10-13-16-19-22-24-26-28-29-31-33-35-38-41-44-47-50-53-60(65)66-56(51-48-45-42-39-37-34-32-30-27-25-23-20-17-14-11-8-5-2)54-59(64)61-57(55-62)58(63)52-49-46-43-40-36-21-18-15-12-9-6-3/h16-17,19-20,24-27,29,31-32,34,56-58,62-63H,4-15,18,21-23,28,30,33,35-55H2,1-3H3,(H,61,64)/b19-16-,20-17-,26-24-,27-25-,31-29-,34-32-. The first kappa shape index (κ1) is 63.3. The number of carbonyl (C=O) groups excluding carboxylic acids is 2. The minimum absolute atomic E-state index is 0.0551. The average molecular weight is 923 g/mol. The van der Waals surface area contributed by atoms with Crippen molar-refractivity contribution in [3.8, 4) is 0 Å². The van der Waals surface area contributed by atoms with Gasteiger partial charge in [-0.1, -0.05) is 229 Å². The molecule has 66 heavy (non-hydrogen) atoms. The lowest BCUT2D eigenvalue weighted by molar-refractivity contribution is -0.151. The third-order valence-electron chi connectivity index (χ3n) is 12.5. The molecule has 0 radical (unpaired) electrons. The molecule has 6 nitrogen and oxygen atoms in total. The van der Waals surface area contributed by atoms with Crippen LogP contribution in [0.25, 0.3) is 0 Å². The van der Waals surface area contributed by atoms with Gasteiger partial charge >= 0.3 is 5.97 Å². The number of esters is 1. The van der Waals surface area contributed by atoms with Crippen LogP contribution < -0.4 is 5.32 Å². The second-order valence-corrected chi connectivity index (χ2v) is 19.0. The van der Waals surface area contributed by atoms with Crippen LogP contribution in [0.5, 0.6) is 0 Å². The molecule has 0 fully saturated rings. The topological polar surface area (TPSA) is 95.9 Å². The Morgan fingerprint density at radius 2 is 0.773 bits per heavy atom. The van der Waals surface area contributed by atoms with E-state index >= 15 is 0 Å². The van der Waals surface area contributed by atoms with Crippen molar-refractivity contribution in [1.82, 2.24) is 5.32 Å². The molecule has 0 heterocycles. The SMILES string of the molecule is CCCCC/C=C\C/C=C\C/C=C\CCCCCCCCC(=O)OC(CCCCCC/C=C\C/C=C\C/C=C\CCCCC)CC(=O)NC(CO)C(O)CCCCCCCCCCCCC. The van der Waals surface area contributed by atoms with Crippen molar-refractivity contribution in [3.05, 3.63) is 72.9 Å². The van der Waals surface area contributed by atoms with Crippen LogP contribution in [0, 0.1) is 0 Å². The molecule has 3 unspecified atom stereocenters. The zero-order valence-electron chi connectivity index (χ0n) is 43.6. The average Bonchev–Trinajstić information content (AvgIpc) is 3.31. The molecule has 6 heteroatoms. The smallest absolute Gasteiger partial charge is 0.306 e. The molecule has 0 rings (SSSR count). The number of aliphatic hydroxyl groups excluding tert-OH is 2. The summed E-state index contributed by atoms with van der Waals surface area (Å²) in [6.45, 7) is 6.42. The van der Waals surface area contributed by atoms with E-state index in [1.807, 2.05) is 0 Å². The molecule has 3 atom stereocenters. The van der Waals surface area contributed by atoms with Crippen LogP contribution in [0.1, 0.15) is 271 Å². The molecule has 0 aromatic heterocycles. The molecule has 0 aliphatic rings. The Morgan fingerprint density at radius 1 is 0.439 bits per heavy atom. The largest absolute Gasteiger partial charge is 0.462 e. The van der Waals surface area contributed by atoms with Crippen molar-refractivity contribution in [1.29, 1.82) is 0 Å². The first-order valence-electron chi connectivity index (χ1n) is 28.2. The number of hydrogen-bond acceptors (Lipinski definition) is 5. The van der Waals surface area contributed by atoms with Gasteiger partial charge in [0.2, 0.25) is 5.91 Å². The lowest BCUT2D eigenvalue weighted by Crippen LogP contribution is -2.46. The fraction of sp³-hybridized carbons (Fsp3) is 0.767. The number of nitrogens with one attached hydrogen (secondary N) is 1. The normalized spacial score (nSPS) is 13.7. The molecule has 0 bridgehead atoms. The van der Waals surface area contributed by atoms with E-state index < -0.39 is 18.2 Å². The summed E-state index contributed by atoms with van der Waals surface area (Å²) in [5.41, 5.74) is 0. The van der Waals surface area contributed by atoms with Crippen molar-refractivity contribution in [2.45, 2.75) is 289 Å². The van der Waals surface area contributed by atoms with Crippen LogP contribution in [-0.4, -0.2) is 46.9 Å². The van der Waals surface area contributed by atoms with Gasteiger partial charge in [-0.3, -0.25) is 9.59 Å². The molecule has 0 aliphatic heterocycles. The second kappa shape index (κ2) is 53.3. The number of rotatable bonds is 50. The zero-order chi connectivity index (χ0) is 48.1. The summed E-state index contributed by atoms with van der Waals surface area (Å²) in [5.74, 6) is -0.508. The summed E-state index contributed by atoms with van der Waals surface area (Å²) in [6.07, 6.45) is 68.1. The summed E-state index contributed by atoms with van der Waals surface area (Å²) >= 11 is 0. The van der Waals surface area contributed by atoms with Crippen LogP contribution in [-0.2, 0) is 14.3 Å². The van der Waals surface area contributed by atoms with Crippen molar-refractivity contribution in [2.75, 3.05) is 6.61 Å². The number of hydrogen-bond donors (Lipinski definition) is 3. The fourth-order valence-electron chi connectivity index (χ4n) is 8.21. The Bertz CT molecular complexity index is 1220. The van der Waals surface area contributed by atoms with E-state index in [1.165, 1.54) is 122 Å². The first-order chi connectivity index (χ1) is 32.5.